The molecule has 1 unspecified atom stereocenters. The Morgan fingerprint density at radius 2 is 1.75 bits per heavy atom. The number of aryl methyl sites for hydroxylation is 1. The smallest absolute Gasteiger partial charge is 0.426 e. The van der Waals surface area contributed by atoms with Gasteiger partial charge in [-0.1, -0.05) is 48.9 Å². The van der Waals surface area contributed by atoms with Gasteiger partial charge in [-0.05, 0) is 64.2 Å². The van der Waals surface area contributed by atoms with Crippen molar-refractivity contribution in [2.75, 3.05) is 13.1 Å². The number of aromatic nitrogens is 1. The number of piperidine rings is 1. The highest BCUT2D eigenvalue weighted by molar-refractivity contribution is 7.92. The van der Waals surface area contributed by atoms with Gasteiger partial charge in [0.15, 0.2) is 5.37 Å². The second kappa shape index (κ2) is 11.0. The molecule has 4 rings (SSSR count). The van der Waals surface area contributed by atoms with E-state index in [1.54, 1.807) is 51.4 Å². The van der Waals surface area contributed by atoms with E-state index in [0.717, 1.165) is 30.2 Å². The molecule has 0 radical (unpaired) electrons. The van der Waals surface area contributed by atoms with Gasteiger partial charge in [0.25, 0.3) is 0 Å². The molecule has 0 spiro atoms. The zero-order chi connectivity index (χ0) is 25.8. The summed E-state index contributed by atoms with van der Waals surface area (Å²) in [6.07, 6.45) is 6.20. The molecule has 7 nitrogen and oxygen atoms in total. The largest absolute Gasteiger partial charge is 0.443 e. The number of hydrogen-bond acceptors (Lipinski definition) is 6. The van der Waals surface area contributed by atoms with E-state index in [4.69, 9.17) is 4.74 Å². The lowest BCUT2D eigenvalue weighted by Crippen LogP contribution is -2.57. The average Bonchev–Trinajstić information content (AvgIpc) is 2.86. The van der Waals surface area contributed by atoms with Crippen LogP contribution in [0.3, 0.4) is 0 Å². The van der Waals surface area contributed by atoms with Gasteiger partial charge in [0.1, 0.15) is 5.60 Å². The van der Waals surface area contributed by atoms with Crippen LogP contribution in [0, 0.1) is 0 Å². The average molecular weight is 510 g/mol. The van der Waals surface area contributed by atoms with Crippen LogP contribution < -0.4 is 0 Å². The molecule has 0 saturated carbocycles. The molecular formula is C28H35N3O4S. The summed E-state index contributed by atoms with van der Waals surface area (Å²) >= 11 is 0. The number of fused-ring (bicyclic) bond motifs is 1. The topological polar surface area (TPSA) is 79.8 Å². The Kier molecular flexibility index (Phi) is 7.95. The Morgan fingerprint density at radius 1 is 1.03 bits per heavy atom. The molecular weight excluding hydrogens is 474 g/mol. The van der Waals surface area contributed by atoms with Gasteiger partial charge in [0.2, 0.25) is 9.84 Å². The van der Waals surface area contributed by atoms with Gasteiger partial charge in [0, 0.05) is 36.3 Å². The monoisotopic (exact) mass is 509 g/mol. The maximum Gasteiger partial charge on any atom is 0.426 e. The third kappa shape index (κ3) is 6.05. The number of hydrogen-bond donors (Lipinski definition) is 0. The van der Waals surface area contributed by atoms with Crippen molar-refractivity contribution in [1.29, 1.82) is 0 Å². The summed E-state index contributed by atoms with van der Waals surface area (Å²) in [7, 11) is -3.99. The normalized spacial score (nSPS) is 16.0. The first-order chi connectivity index (χ1) is 17.2. The predicted octanol–water partition coefficient (Wildman–Crippen LogP) is 5.61. The molecule has 1 aromatic heterocycles. The van der Waals surface area contributed by atoms with Crippen LogP contribution in [0.1, 0.15) is 52.0 Å². The molecule has 0 N–H and O–H groups in total. The summed E-state index contributed by atoms with van der Waals surface area (Å²) in [5, 5.41) is 3.48. The van der Waals surface area contributed by atoms with Gasteiger partial charge in [-0.15, -0.1) is 0 Å². The molecule has 36 heavy (non-hydrogen) atoms. The van der Waals surface area contributed by atoms with Crippen molar-refractivity contribution in [2.24, 2.45) is 0 Å². The zero-order valence-electron chi connectivity index (χ0n) is 21.3. The molecule has 3 aromatic rings. The number of ether oxygens (including phenoxy) is 1. The minimum Gasteiger partial charge on any atom is -0.443 e. The fourth-order valence-electron chi connectivity index (χ4n) is 4.65. The van der Waals surface area contributed by atoms with Crippen molar-refractivity contribution in [1.82, 2.24) is 15.0 Å². The number of pyridine rings is 1. The maximum atomic E-state index is 14.4. The Hall–Kier alpha value is -2.97. The maximum absolute atomic E-state index is 14.4. The Morgan fingerprint density at radius 3 is 2.44 bits per heavy atom. The van der Waals surface area contributed by atoms with Crippen molar-refractivity contribution < 1.29 is 17.9 Å². The van der Waals surface area contributed by atoms with E-state index in [2.05, 4.69) is 4.98 Å². The Labute approximate surface area is 214 Å². The van der Waals surface area contributed by atoms with E-state index in [0.29, 0.717) is 24.9 Å². The zero-order valence-corrected chi connectivity index (χ0v) is 22.1. The lowest BCUT2D eigenvalue weighted by atomic mass is 10.1. The van der Waals surface area contributed by atoms with E-state index in [1.807, 2.05) is 41.4 Å². The van der Waals surface area contributed by atoms with Crippen LogP contribution in [0.2, 0.25) is 0 Å². The van der Waals surface area contributed by atoms with E-state index in [-0.39, 0.29) is 11.3 Å². The number of carbonyl (C=O) groups excluding carboxylic acids is 1. The molecule has 1 fully saturated rings. The highest BCUT2D eigenvalue weighted by atomic mass is 32.2. The van der Waals surface area contributed by atoms with Crippen molar-refractivity contribution in [3.05, 3.63) is 72.6 Å². The van der Waals surface area contributed by atoms with Crippen LogP contribution in [0.5, 0.6) is 0 Å². The highest BCUT2D eigenvalue weighted by Crippen LogP contribution is 2.31. The molecule has 2 heterocycles. The first-order valence-corrected chi connectivity index (χ1v) is 14.1. The number of rotatable bonds is 7. The molecule has 1 amide bonds. The SMILES string of the molecule is CC(C)(C)OC(=O)N(C(CCc1ccccc1)S(=O)(=O)c1cccc2cnccc12)N1CCCCC1. The number of nitrogens with zero attached hydrogens (tertiary/aromatic N) is 3. The van der Waals surface area contributed by atoms with Gasteiger partial charge in [-0.25, -0.2) is 23.2 Å². The first kappa shape index (κ1) is 26.1. The van der Waals surface area contributed by atoms with Crippen LogP contribution in [0.15, 0.2) is 71.9 Å². The van der Waals surface area contributed by atoms with Crippen molar-refractivity contribution in [2.45, 2.75) is 68.7 Å². The fourth-order valence-corrected chi connectivity index (χ4v) is 6.61. The van der Waals surface area contributed by atoms with Gasteiger partial charge in [0.05, 0.1) is 4.90 Å². The van der Waals surface area contributed by atoms with E-state index < -0.39 is 26.9 Å². The minimum absolute atomic E-state index is 0.200. The first-order valence-electron chi connectivity index (χ1n) is 12.5. The lowest BCUT2D eigenvalue weighted by Gasteiger charge is -2.42. The summed E-state index contributed by atoms with van der Waals surface area (Å²) < 4.78 is 34.6. The molecule has 1 aliphatic heterocycles. The molecule has 0 bridgehead atoms. The highest BCUT2D eigenvalue weighted by Gasteiger charge is 2.42. The standard InChI is InChI=1S/C28H35N3O4S/c1-28(2,3)35-27(32)31(30-19-8-5-9-20-30)26(16-15-22-11-6-4-7-12-22)36(33,34)25-14-10-13-23-21-29-18-17-24(23)25/h4,6-7,10-14,17-18,21,26H,5,8-9,15-16,19-20H2,1-3H3. The van der Waals surface area contributed by atoms with Crippen LogP contribution in [0.25, 0.3) is 10.8 Å². The van der Waals surface area contributed by atoms with Gasteiger partial charge >= 0.3 is 6.09 Å². The van der Waals surface area contributed by atoms with Crippen molar-refractivity contribution in [3.8, 4) is 0 Å². The second-order valence-electron chi connectivity index (χ2n) is 10.2. The van der Waals surface area contributed by atoms with Crippen molar-refractivity contribution in [3.63, 3.8) is 0 Å². The number of benzene rings is 2. The Balaban J connectivity index is 1.82. The van der Waals surface area contributed by atoms with Crippen LogP contribution >= 0.6 is 0 Å². The lowest BCUT2D eigenvalue weighted by molar-refractivity contribution is -0.0673. The molecule has 0 aliphatic carbocycles. The molecule has 8 heteroatoms. The minimum atomic E-state index is -3.99. The third-order valence-corrected chi connectivity index (χ3v) is 8.44. The van der Waals surface area contributed by atoms with E-state index in [9.17, 15) is 13.2 Å². The quantitative estimate of drug-likeness (QED) is 0.412. The second-order valence-corrected chi connectivity index (χ2v) is 12.3. The summed E-state index contributed by atoms with van der Waals surface area (Å²) in [6.45, 7) is 6.60. The number of amides is 1. The summed E-state index contributed by atoms with van der Waals surface area (Å²) in [6, 6.07) is 16.7. The molecule has 2 aromatic carbocycles. The number of sulfone groups is 1. The third-order valence-electron chi connectivity index (χ3n) is 6.32. The van der Waals surface area contributed by atoms with Gasteiger partial charge < -0.3 is 4.74 Å². The molecule has 1 atom stereocenters. The van der Waals surface area contributed by atoms with E-state index >= 15 is 0 Å². The number of hydrazine groups is 1. The van der Waals surface area contributed by atoms with Crippen LogP contribution in [-0.4, -0.2) is 53.6 Å². The van der Waals surface area contributed by atoms with Crippen LogP contribution in [0.4, 0.5) is 4.79 Å². The van der Waals surface area contributed by atoms with Gasteiger partial charge in [-0.2, -0.15) is 0 Å². The predicted molar refractivity (Wildman–Crippen MR) is 141 cm³/mol. The molecule has 192 valence electrons. The Bertz CT molecular complexity index is 1280. The van der Waals surface area contributed by atoms with Gasteiger partial charge in [-0.3, -0.25) is 4.98 Å². The fraction of sp³-hybridized carbons (Fsp3) is 0.429. The van der Waals surface area contributed by atoms with Crippen molar-refractivity contribution >= 4 is 26.7 Å². The molecule has 1 saturated heterocycles. The number of carbonyl (C=O) groups is 1. The summed E-state index contributed by atoms with van der Waals surface area (Å²) in [5.41, 5.74) is 0.256. The van der Waals surface area contributed by atoms with Crippen LogP contribution in [-0.2, 0) is 21.0 Å². The van der Waals surface area contributed by atoms with E-state index in [1.165, 1.54) is 5.01 Å². The summed E-state index contributed by atoms with van der Waals surface area (Å²) in [4.78, 5) is 18.0. The summed E-state index contributed by atoms with van der Waals surface area (Å²) in [5.74, 6) is 0. The molecule has 1 aliphatic rings.